The predicted octanol–water partition coefficient (Wildman–Crippen LogP) is -9.23. The average molecular weight is 1380 g/mol. The Bertz CT molecular complexity index is 2990. The summed E-state index contributed by atoms with van der Waals surface area (Å²) in [6.07, 6.45) is 0.241. The van der Waals surface area contributed by atoms with Crippen molar-refractivity contribution in [2.45, 2.75) is 164 Å². The number of nitrogens with two attached hydrogens (primary N) is 8. The molecular formula is C61H100N22O15. The number of nitrogens with one attached hydrogen (secondary N) is 12. The summed E-state index contributed by atoms with van der Waals surface area (Å²) in [5, 5.41) is 50.1. The molecule has 2 aromatic rings. The van der Waals surface area contributed by atoms with Gasteiger partial charge in [0, 0.05) is 19.5 Å². The number of guanidine groups is 2. The smallest absolute Gasteiger partial charge is 0.245 e. The number of amides is 13. The van der Waals surface area contributed by atoms with Gasteiger partial charge in [-0.15, -0.1) is 0 Å². The van der Waals surface area contributed by atoms with Crippen molar-refractivity contribution in [3.05, 3.63) is 71.8 Å². The average Bonchev–Trinajstić information content (AvgIpc) is 0.887. The zero-order chi connectivity index (χ0) is 73.3. The van der Waals surface area contributed by atoms with Gasteiger partial charge in [0.05, 0.1) is 38.4 Å². The van der Waals surface area contributed by atoms with Crippen LogP contribution in [-0.4, -0.2) is 218 Å². The molecule has 0 aromatic heterocycles. The highest BCUT2D eigenvalue weighted by Gasteiger charge is 2.34. The van der Waals surface area contributed by atoms with E-state index in [2.05, 4.69) is 73.8 Å². The van der Waals surface area contributed by atoms with Crippen LogP contribution in [0.3, 0.4) is 0 Å². The van der Waals surface area contributed by atoms with Gasteiger partial charge in [0.2, 0.25) is 76.8 Å². The first-order valence-electron chi connectivity index (χ1n) is 32.0. The number of rotatable bonds is 47. The number of aliphatic imine (C=N–C) groups is 2. The van der Waals surface area contributed by atoms with Crippen LogP contribution in [0.4, 0.5) is 0 Å². The highest BCUT2D eigenvalue weighted by atomic mass is 16.3. The quantitative estimate of drug-likeness (QED) is 0.0166. The first-order valence-corrected chi connectivity index (χ1v) is 32.0. The SMILES string of the molecule is CC(NC(=O)CNC(=O)C(NC(=O)C(Cc1ccccc1)NC(=O)CNC(=O)CNC(=O)C(N)Cc1ccccc1)C(C)O)C(=O)NC(CCCN=C(N)N)C(=O)NC(CCCCN)C(=O)NC(CO)C(=O)NC(C)C(=O)NC(CCCN=C(N)N)C(=O)NC(CCCCN)C(N)=O. The summed E-state index contributed by atoms with van der Waals surface area (Å²) in [6.45, 7) is 1.22. The third-order valence-corrected chi connectivity index (χ3v) is 14.6. The van der Waals surface area contributed by atoms with Gasteiger partial charge in [0.25, 0.3) is 0 Å². The first kappa shape index (κ1) is 84.0. The Morgan fingerprint density at radius 1 is 0.408 bits per heavy atom. The number of hydrogen-bond acceptors (Lipinski definition) is 20. The topological polar surface area (TPSA) is 640 Å². The number of aliphatic hydroxyl groups excluding tert-OH is 2. The molecule has 30 N–H and O–H groups in total. The molecule has 37 nitrogen and oxygen atoms in total. The lowest BCUT2D eigenvalue weighted by molar-refractivity contribution is -0.136. The van der Waals surface area contributed by atoms with Crippen LogP contribution in [0.25, 0.3) is 0 Å². The lowest BCUT2D eigenvalue weighted by Crippen LogP contribution is -2.60. The first-order chi connectivity index (χ1) is 46.5. The van der Waals surface area contributed by atoms with Gasteiger partial charge < -0.3 is 120 Å². The monoisotopic (exact) mass is 1380 g/mol. The molecule has 13 amide bonds. The minimum Gasteiger partial charge on any atom is -0.394 e. The summed E-state index contributed by atoms with van der Waals surface area (Å²) < 4.78 is 0. The second-order valence-electron chi connectivity index (χ2n) is 22.9. The van der Waals surface area contributed by atoms with E-state index in [-0.39, 0.29) is 89.3 Å². The largest absolute Gasteiger partial charge is 0.394 e. The summed E-state index contributed by atoms with van der Waals surface area (Å²) in [4.78, 5) is 181. The summed E-state index contributed by atoms with van der Waals surface area (Å²) in [5.41, 5.74) is 46.0. The molecule has 0 radical (unpaired) electrons. The molecule has 0 aliphatic heterocycles. The van der Waals surface area contributed by atoms with Crippen molar-refractivity contribution >= 4 is 88.7 Å². The summed E-state index contributed by atoms with van der Waals surface area (Å²) >= 11 is 0. The molecule has 0 fully saturated rings. The number of hydrogen-bond donors (Lipinski definition) is 22. The summed E-state index contributed by atoms with van der Waals surface area (Å²) in [7, 11) is 0. The zero-order valence-electron chi connectivity index (χ0n) is 55.5. The molecule has 2 rings (SSSR count). The second-order valence-corrected chi connectivity index (χ2v) is 22.9. The van der Waals surface area contributed by atoms with Crippen LogP contribution >= 0.6 is 0 Å². The van der Waals surface area contributed by atoms with Gasteiger partial charge in [-0.25, -0.2) is 0 Å². The molecule has 0 heterocycles. The van der Waals surface area contributed by atoms with Crippen LogP contribution in [0.5, 0.6) is 0 Å². The van der Waals surface area contributed by atoms with E-state index in [1.54, 1.807) is 60.7 Å². The molecule has 11 unspecified atom stereocenters. The minimum absolute atomic E-state index is 0.0249. The van der Waals surface area contributed by atoms with Gasteiger partial charge in [0.1, 0.15) is 54.4 Å². The molecule has 0 aliphatic carbocycles. The van der Waals surface area contributed by atoms with Gasteiger partial charge in [-0.05, 0) is 116 Å². The van der Waals surface area contributed by atoms with Crippen molar-refractivity contribution in [1.82, 2.24) is 63.8 Å². The zero-order valence-corrected chi connectivity index (χ0v) is 55.5. The van der Waals surface area contributed by atoms with Gasteiger partial charge in [-0.1, -0.05) is 60.7 Å². The number of aliphatic hydroxyl groups is 2. The molecule has 0 saturated heterocycles. The molecule has 2 aromatic carbocycles. The Hall–Kier alpha value is -10.1. The highest BCUT2D eigenvalue weighted by Crippen LogP contribution is 2.10. The Balaban J connectivity index is 2.18. The van der Waals surface area contributed by atoms with Crippen molar-refractivity contribution in [1.29, 1.82) is 0 Å². The molecule has 0 aliphatic rings. The van der Waals surface area contributed by atoms with Gasteiger partial charge in [0.15, 0.2) is 11.9 Å². The predicted molar refractivity (Wildman–Crippen MR) is 360 cm³/mol. The highest BCUT2D eigenvalue weighted by molar-refractivity contribution is 5.99. The van der Waals surface area contributed by atoms with Crippen LogP contribution < -0.4 is 110 Å². The molecule has 0 saturated carbocycles. The standard InChI is InChI=1S/C61H100N22O15/c1-34(75-47(87)32-74-59(98)49(36(3)85)83-57(96)44(29-38-18-8-5-9-19-38)77-48(88)31-72-46(86)30-73-53(92)39(64)28-37-16-6-4-7-17-37)51(90)79-43(23-15-27-71-61(68)69)55(94)81-41(21-11-13-25-63)56(95)82-45(33-84)58(97)76-35(2)52(91)80-42(22-14-26-70-60(66)67)54(93)78-40(50(65)89)20-10-12-24-62/h4-9,16-19,34-36,39-45,49,84-85H,10-15,20-33,62-64H2,1-3H3,(H2,65,89)(H,72,86)(H,73,92)(H,74,98)(H,75,87)(H,76,97)(H,77,88)(H,78,93)(H,79,90)(H,80,91)(H,81,94)(H,82,95)(H,83,96)(H4,66,67,70)(H4,68,69,71). The van der Waals surface area contributed by atoms with Crippen molar-refractivity contribution in [3.63, 3.8) is 0 Å². The number of benzene rings is 2. The van der Waals surface area contributed by atoms with Gasteiger partial charge >= 0.3 is 0 Å². The van der Waals surface area contributed by atoms with Crippen molar-refractivity contribution in [2.75, 3.05) is 52.4 Å². The van der Waals surface area contributed by atoms with Crippen molar-refractivity contribution < 1.29 is 72.5 Å². The Labute approximate surface area is 567 Å². The summed E-state index contributed by atoms with van der Waals surface area (Å²) in [5.74, 6) is -12.1. The molecule has 0 spiro atoms. The van der Waals surface area contributed by atoms with Crippen molar-refractivity contribution in [2.24, 2.45) is 55.9 Å². The fourth-order valence-electron chi connectivity index (χ4n) is 9.17. The molecule has 544 valence electrons. The normalized spacial score (nSPS) is 14.2. The third kappa shape index (κ3) is 34.0. The molecule has 0 bridgehead atoms. The van der Waals surface area contributed by atoms with Gasteiger partial charge in [-0.2, -0.15) is 0 Å². The van der Waals surface area contributed by atoms with E-state index in [1.807, 2.05) is 0 Å². The maximum absolute atomic E-state index is 14.1. The third-order valence-electron chi connectivity index (χ3n) is 14.6. The van der Waals surface area contributed by atoms with Crippen molar-refractivity contribution in [3.8, 4) is 0 Å². The maximum Gasteiger partial charge on any atom is 0.245 e. The fraction of sp³-hybridized carbons (Fsp3) is 0.557. The van der Waals surface area contributed by atoms with E-state index >= 15 is 0 Å². The minimum atomic E-state index is -1.73. The van der Waals surface area contributed by atoms with Crippen LogP contribution in [0.2, 0.25) is 0 Å². The number of nitrogens with zero attached hydrogens (tertiary/aromatic N) is 2. The fourth-order valence-corrected chi connectivity index (χ4v) is 9.17. The Morgan fingerprint density at radius 2 is 0.796 bits per heavy atom. The maximum atomic E-state index is 14.1. The molecule has 98 heavy (non-hydrogen) atoms. The van der Waals surface area contributed by atoms with Crippen LogP contribution in [-0.2, 0) is 75.2 Å². The number of unbranched alkanes of at least 4 members (excludes halogenated alkanes) is 2. The summed E-state index contributed by atoms with van der Waals surface area (Å²) in [6, 6.07) is 3.43. The Morgan fingerprint density at radius 3 is 1.27 bits per heavy atom. The molecular weight excluding hydrogens is 1280 g/mol. The van der Waals surface area contributed by atoms with E-state index < -0.39 is 170 Å². The molecule has 11 atom stereocenters. The van der Waals surface area contributed by atoms with E-state index in [0.717, 1.165) is 5.56 Å². The Kier molecular flexibility index (Phi) is 39.5. The number of carbonyl (C=O) groups excluding carboxylic acids is 13. The van der Waals surface area contributed by atoms with E-state index in [9.17, 15) is 72.5 Å². The van der Waals surface area contributed by atoms with Crippen LogP contribution in [0, 0.1) is 0 Å². The van der Waals surface area contributed by atoms with E-state index in [0.29, 0.717) is 31.4 Å². The number of primary amides is 1. The van der Waals surface area contributed by atoms with Gasteiger partial charge in [-0.3, -0.25) is 72.3 Å². The molecule has 37 heteroatoms. The van der Waals surface area contributed by atoms with E-state index in [1.165, 1.54) is 20.8 Å². The lowest BCUT2D eigenvalue weighted by Gasteiger charge is -2.26. The second kappa shape index (κ2) is 46.1. The number of carbonyl (C=O) groups is 13. The van der Waals surface area contributed by atoms with Crippen LogP contribution in [0.1, 0.15) is 96.1 Å². The van der Waals surface area contributed by atoms with E-state index in [4.69, 9.17) is 45.9 Å². The lowest BCUT2D eigenvalue weighted by atomic mass is 10.0. The van der Waals surface area contributed by atoms with Crippen LogP contribution in [0.15, 0.2) is 70.6 Å².